The molecule has 0 saturated heterocycles. The molecule has 72 heavy (non-hydrogen) atoms. The number of anilines is 3. The number of para-hydroxylation sites is 5. The summed E-state index contributed by atoms with van der Waals surface area (Å²) in [5.41, 5.74) is 19.1. The molecule has 4 aromatic heterocycles. The maximum atomic E-state index is 5.17. The fraction of sp³-hybridized carbons (Fsp3) is 0.0455. The van der Waals surface area contributed by atoms with Crippen LogP contribution in [0.25, 0.3) is 100 Å². The number of fused-ring (bicyclic) bond motifs is 8. The Bertz CT molecular complexity index is 4080. The highest BCUT2D eigenvalue weighted by molar-refractivity contribution is 6.12. The van der Waals surface area contributed by atoms with Gasteiger partial charge in [0.15, 0.2) is 5.82 Å². The zero-order chi connectivity index (χ0) is 47.9. The molecule has 340 valence electrons. The van der Waals surface area contributed by atoms with Gasteiger partial charge in [-0.1, -0.05) is 172 Å². The largest absolute Gasteiger partial charge is 0.310 e. The van der Waals surface area contributed by atoms with E-state index in [-0.39, 0.29) is 5.41 Å². The molecule has 0 unspecified atom stereocenters. The van der Waals surface area contributed by atoms with Gasteiger partial charge in [0.1, 0.15) is 0 Å². The van der Waals surface area contributed by atoms with Crippen LogP contribution in [0.4, 0.5) is 17.1 Å². The van der Waals surface area contributed by atoms with E-state index in [0.29, 0.717) is 5.82 Å². The first-order valence-corrected chi connectivity index (χ1v) is 24.6. The number of hydrogen-bond donors (Lipinski definition) is 0. The average Bonchev–Trinajstić information content (AvgIpc) is 3.96. The van der Waals surface area contributed by atoms with Gasteiger partial charge in [0.05, 0.1) is 50.5 Å². The minimum atomic E-state index is -0.146. The van der Waals surface area contributed by atoms with Crippen LogP contribution in [0.5, 0.6) is 0 Å². The molecule has 0 amide bonds. The quantitative estimate of drug-likeness (QED) is 0.160. The van der Waals surface area contributed by atoms with E-state index >= 15 is 0 Å². The summed E-state index contributed by atoms with van der Waals surface area (Å²) in [6.07, 6.45) is 1.99. The Morgan fingerprint density at radius 2 is 0.833 bits per heavy atom. The van der Waals surface area contributed by atoms with Crippen molar-refractivity contribution in [2.24, 2.45) is 0 Å². The van der Waals surface area contributed by atoms with E-state index in [4.69, 9.17) is 15.0 Å². The van der Waals surface area contributed by atoms with Crippen LogP contribution in [0, 0.1) is 0 Å². The number of benzene rings is 9. The van der Waals surface area contributed by atoms with Crippen LogP contribution in [0.3, 0.4) is 0 Å². The molecule has 6 nitrogen and oxygen atoms in total. The molecule has 1 aliphatic rings. The van der Waals surface area contributed by atoms with Crippen LogP contribution in [0.15, 0.2) is 243 Å². The van der Waals surface area contributed by atoms with Crippen LogP contribution >= 0.6 is 0 Å². The lowest BCUT2D eigenvalue weighted by atomic mass is 9.73. The van der Waals surface area contributed by atoms with Crippen molar-refractivity contribution in [3.8, 4) is 56.5 Å². The normalized spacial score (nSPS) is 12.9. The van der Waals surface area contributed by atoms with Gasteiger partial charge in [0, 0.05) is 66.9 Å². The zero-order valence-electron chi connectivity index (χ0n) is 39.8. The molecule has 9 aromatic carbocycles. The van der Waals surface area contributed by atoms with Gasteiger partial charge in [0.25, 0.3) is 0 Å². The molecule has 0 aliphatic carbocycles. The second-order valence-corrected chi connectivity index (χ2v) is 19.3. The highest BCUT2D eigenvalue weighted by Crippen LogP contribution is 2.52. The van der Waals surface area contributed by atoms with Crippen LogP contribution in [-0.2, 0) is 5.41 Å². The number of pyridine rings is 1. The number of aromatic nitrogens is 5. The number of nitrogens with zero attached hydrogens (tertiary/aromatic N) is 6. The Morgan fingerprint density at radius 3 is 1.42 bits per heavy atom. The van der Waals surface area contributed by atoms with Gasteiger partial charge in [0.2, 0.25) is 0 Å². The molecule has 13 aromatic rings. The van der Waals surface area contributed by atoms with E-state index in [1.807, 2.05) is 48.7 Å². The van der Waals surface area contributed by atoms with Crippen molar-refractivity contribution in [1.82, 2.24) is 24.1 Å². The van der Waals surface area contributed by atoms with Gasteiger partial charge in [-0.05, 0) is 95.6 Å². The Labute approximate surface area is 417 Å². The van der Waals surface area contributed by atoms with Gasteiger partial charge < -0.3 is 14.0 Å². The van der Waals surface area contributed by atoms with Gasteiger partial charge in [-0.25, -0.2) is 9.97 Å². The van der Waals surface area contributed by atoms with Crippen molar-refractivity contribution in [2.75, 3.05) is 4.90 Å². The van der Waals surface area contributed by atoms with Crippen molar-refractivity contribution in [2.45, 2.75) is 19.3 Å². The van der Waals surface area contributed by atoms with E-state index < -0.39 is 0 Å². The Kier molecular flexibility index (Phi) is 9.45. The lowest BCUT2D eigenvalue weighted by Gasteiger charge is -2.42. The zero-order valence-corrected chi connectivity index (χ0v) is 39.8. The first-order valence-electron chi connectivity index (χ1n) is 24.6. The first-order chi connectivity index (χ1) is 35.5. The predicted octanol–water partition coefficient (Wildman–Crippen LogP) is 16.8. The third-order valence-corrected chi connectivity index (χ3v) is 14.7. The number of rotatable bonds is 7. The Morgan fingerprint density at radius 1 is 0.333 bits per heavy atom. The number of hydrogen-bond acceptors (Lipinski definition) is 4. The summed E-state index contributed by atoms with van der Waals surface area (Å²) in [5, 5.41) is 4.81. The van der Waals surface area contributed by atoms with Gasteiger partial charge in [-0.2, -0.15) is 0 Å². The van der Waals surface area contributed by atoms with Crippen LogP contribution in [0.2, 0.25) is 0 Å². The highest BCUT2D eigenvalue weighted by Gasteiger charge is 2.36. The third-order valence-electron chi connectivity index (χ3n) is 14.7. The summed E-state index contributed by atoms with van der Waals surface area (Å²) in [6, 6.07) is 84.7. The van der Waals surface area contributed by atoms with Crippen LogP contribution < -0.4 is 4.90 Å². The van der Waals surface area contributed by atoms with Crippen LogP contribution in [0.1, 0.15) is 25.0 Å². The molecule has 14 rings (SSSR count). The molecule has 0 atom stereocenters. The predicted molar refractivity (Wildman–Crippen MR) is 297 cm³/mol. The maximum absolute atomic E-state index is 5.17. The molecule has 0 N–H and O–H groups in total. The molecular formula is C66H46N6. The average molecular weight is 923 g/mol. The van der Waals surface area contributed by atoms with Crippen molar-refractivity contribution in [1.29, 1.82) is 0 Å². The Balaban J connectivity index is 0.959. The summed E-state index contributed by atoms with van der Waals surface area (Å²) in [4.78, 5) is 17.7. The summed E-state index contributed by atoms with van der Waals surface area (Å²) in [6.45, 7) is 4.68. The smallest absolute Gasteiger partial charge is 0.160 e. The molecule has 1 aliphatic heterocycles. The molecule has 0 saturated carbocycles. The fourth-order valence-electron chi connectivity index (χ4n) is 11.3. The van der Waals surface area contributed by atoms with Crippen molar-refractivity contribution in [3.05, 3.63) is 254 Å². The lowest BCUT2D eigenvalue weighted by molar-refractivity contribution is 0.632. The molecule has 0 fully saturated rings. The van der Waals surface area contributed by atoms with Crippen LogP contribution in [-0.4, -0.2) is 24.1 Å². The van der Waals surface area contributed by atoms with Gasteiger partial charge >= 0.3 is 0 Å². The van der Waals surface area contributed by atoms with Gasteiger partial charge in [-0.3, -0.25) is 4.98 Å². The van der Waals surface area contributed by atoms with E-state index in [1.54, 1.807) is 0 Å². The minimum Gasteiger partial charge on any atom is -0.310 e. The summed E-state index contributed by atoms with van der Waals surface area (Å²) in [7, 11) is 0. The molecule has 0 bridgehead atoms. The van der Waals surface area contributed by atoms with E-state index in [0.717, 1.165) is 78.5 Å². The third kappa shape index (κ3) is 6.60. The van der Waals surface area contributed by atoms with Gasteiger partial charge in [-0.15, -0.1) is 0 Å². The topological polar surface area (TPSA) is 51.8 Å². The minimum absolute atomic E-state index is 0.146. The SMILES string of the molecule is CC1(C)c2ccccc2N(c2ccc3c(c2)c2ccccc2n3-c2cc(-c3ccc(-c4cc(-c5ccccc5)nc(-c5ccccc5)n4)nc3)cc(-n3c4ccccc4c4ccccc43)c2)c2ccccc21. The summed E-state index contributed by atoms with van der Waals surface area (Å²) < 4.78 is 4.85. The summed E-state index contributed by atoms with van der Waals surface area (Å²) in [5.74, 6) is 0.661. The second-order valence-electron chi connectivity index (χ2n) is 19.3. The molecule has 5 heterocycles. The van der Waals surface area contributed by atoms with Crippen molar-refractivity contribution < 1.29 is 0 Å². The Hall–Kier alpha value is -9.39. The molecular weight excluding hydrogens is 877 g/mol. The second kappa shape index (κ2) is 16.4. The highest BCUT2D eigenvalue weighted by atomic mass is 15.2. The molecule has 6 heteroatoms. The molecule has 0 radical (unpaired) electrons. The first kappa shape index (κ1) is 41.6. The fourth-order valence-corrected chi connectivity index (χ4v) is 11.3. The van der Waals surface area contributed by atoms with E-state index in [2.05, 4.69) is 222 Å². The monoisotopic (exact) mass is 922 g/mol. The maximum Gasteiger partial charge on any atom is 0.160 e. The lowest BCUT2D eigenvalue weighted by Crippen LogP contribution is -2.30. The van der Waals surface area contributed by atoms with E-state index in [1.165, 1.54) is 44.0 Å². The molecule has 0 spiro atoms. The summed E-state index contributed by atoms with van der Waals surface area (Å²) >= 11 is 0. The standard InChI is InChI=1S/C66H46N6/c1-66(2)54-26-12-17-31-63(54)70(64-32-18-13-27-55(64)66)47-34-36-62-53(40-47)52-25-11-16-30-61(52)72(62)49-38-46(37-48(39-49)71-59-28-14-9-23-50(59)51-24-10-15-29-60(51)71)45-33-35-56(67-42-45)58-41-57(43-19-5-3-6-20-43)68-65(69-58)44-21-7-4-8-22-44/h3-42H,1-2H3. The van der Waals surface area contributed by atoms with Crippen molar-refractivity contribution >= 4 is 60.7 Å². The van der Waals surface area contributed by atoms with Crippen molar-refractivity contribution in [3.63, 3.8) is 0 Å². The van der Waals surface area contributed by atoms with E-state index in [9.17, 15) is 0 Å².